The number of anilines is 1. The van der Waals surface area contributed by atoms with E-state index in [2.05, 4.69) is 16.0 Å². The van der Waals surface area contributed by atoms with Crippen LogP contribution in [0.1, 0.15) is 22.8 Å². The fourth-order valence-electron chi connectivity index (χ4n) is 3.76. The first-order chi connectivity index (χ1) is 15.5. The normalized spacial score (nSPS) is 23.8. The highest BCUT2D eigenvalue weighted by Crippen LogP contribution is 2.29. The molecule has 0 unspecified atom stereocenters. The average Bonchev–Trinajstić information content (AvgIpc) is 3.37. The summed E-state index contributed by atoms with van der Waals surface area (Å²) < 4.78 is 17.0. The highest BCUT2D eigenvalue weighted by molar-refractivity contribution is 5.95. The Morgan fingerprint density at radius 3 is 2.41 bits per heavy atom. The average molecular weight is 439 g/mol. The molecular formula is C23H25N3O6. The zero-order valence-corrected chi connectivity index (χ0v) is 17.6. The lowest BCUT2D eigenvalue weighted by atomic mass is 10.1. The van der Waals surface area contributed by atoms with Gasteiger partial charge in [-0.3, -0.25) is 10.1 Å². The van der Waals surface area contributed by atoms with Gasteiger partial charge in [-0.25, -0.2) is 9.59 Å². The third-order valence-electron chi connectivity index (χ3n) is 5.42. The Labute approximate surface area is 185 Å². The van der Waals surface area contributed by atoms with Crippen molar-refractivity contribution < 1.29 is 28.6 Å². The summed E-state index contributed by atoms with van der Waals surface area (Å²) in [7, 11) is 0. The Morgan fingerprint density at radius 2 is 1.69 bits per heavy atom. The summed E-state index contributed by atoms with van der Waals surface area (Å²) in [5, 5.41) is 8.30. The van der Waals surface area contributed by atoms with Crippen LogP contribution in [0.25, 0.3) is 0 Å². The lowest BCUT2D eigenvalue weighted by molar-refractivity contribution is 0.00872. The van der Waals surface area contributed by atoms with Crippen molar-refractivity contribution >= 4 is 23.6 Å². The predicted octanol–water partition coefficient (Wildman–Crippen LogP) is 2.47. The van der Waals surface area contributed by atoms with Crippen molar-refractivity contribution in [1.82, 2.24) is 10.6 Å². The van der Waals surface area contributed by atoms with Gasteiger partial charge in [-0.1, -0.05) is 30.3 Å². The number of hydrogen-bond acceptors (Lipinski definition) is 6. The molecular weight excluding hydrogens is 414 g/mol. The van der Waals surface area contributed by atoms with Crippen LogP contribution in [0.4, 0.5) is 15.3 Å². The van der Waals surface area contributed by atoms with Crippen LogP contribution in [0.2, 0.25) is 0 Å². The molecule has 2 aliphatic heterocycles. The molecule has 9 heteroatoms. The number of benzene rings is 2. The van der Waals surface area contributed by atoms with Gasteiger partial charge in [0.25, 0.3) is 0 Å². The van der Waals surface area contributed by atoms with E-state index in [4.69, 9.17) is 14.2 Å². The van der Waals surface area contributed by atoms with Crippen molar-refractivity contribution in [3.05, 3.63) is 65.7 Å². The van der Waals surface area contributed by atoms with E-state index in [1.807, 2.05) is 30.3 Å². The number of amides is 3. The van der Waals surface area contributed by atoms with Crippen molar-refractivity contribution in [2.75, 3.05) is 18.5 Å². The summed E-state index contributed by atoms with van der Waals surface area (Å²) >= 11 is 0. The molecule has 2 saturated heterocycles. The van der Waals surface area contributed by atoms with Gasteiger partial charge in [0, 0.05) is 17.8 Å². The molecule has 0 radical (unpaired) electrons. The minimum absolute atomic E-state index is 0.0523. The maximum atomic E-state index is 12.3. The zero-order valence-electron chi connectivity index (χ0n) is 17.6. The first-order valence-electron chi connectivity index (χ1n) is 10.4. The van der Waals surface area contributed by atoms with Gasteiger partial charge in [0.05, 0.1) is 19.3 Å². The number of urea groups is 1. The minimum Gasteiger partial charge on any atom is -0.441 e. The monoisotopic (exact) mass is 439 g/mol. The van der Waals surface area contributed by atoms with Gasteiger partial charge < -0.3 is 24.8 Å². The van der Waals surface area contributed by atoms with E-state index in [1.54, 1.807) is 24.3 Å². The smallest absolute Gasteiger partial charge is 0.412 e. The van der Waals surface area contributed by atoms with Crippen LogP contribution in [0, 0.1) is 0 Å². The fourth-order valence-corrected chi connectivity index (χ4v) is 3.76. The van der Waals surface area contributed by atoms with Gasteiger partial charge in [0.15, 0.2) is 11.9 Å². The van der Waals surface area contributed by atoms with E-state index >= 15 is 0 Å². The minimum atomic E-state index is -0.643. The third kappa shape index (κ3) is 5.24. The fraction of sp³-hybridized carbons (Fsp3) is 0.348. The molecule has 0 aromatic heterocycles. The second-order valence-electron chi connectivity index (χ2n) is 7.72. The number of carbonyl (C=O) groups is 3. The van der Waals surface area contributed by atoms with E-state index in [-0.39, 0.29) is 31.1 Å². The van der Waals surface area contributed by atoms with Crippen molar-refractivity contribution in [1.29, 1.82) is 0 Å². The molecule has 2 heterocycles. The maximum Gasteiger partial charge on any atom is 0.412 e. The van der Waals surface area contributed by atoms with E-state index < -0.39 is 24.4 Å². The molecule has 168 valence electrons. The number of ketones is 1. The molecule has 2 aromatic rings. The summed E-state index contributed by atoms with van der Waals surface area (Å²) in [6, 6.07) is 15.5. The molecule has 0 aliphatic carbocycles. The number of carbonyl (C=O) groups excluding carboxylic acids is 3. The first kappa shape index (κ1) is 21.8. The second-order valence-corrected chi connectivity index (χ2v) is 7.72. The molecule has 3 N–H and O–H groups in total. The van der Waals surface area contributed by atoms with Crippen LogP contribution < -0.4 is 16.0 Å². The topological polar surface area (TPSA) is 115 Å². The van der Waals surface area contributed by atoms with Crippen LogP contribution in [0.3, 0.4) is 0 Å². The van der Waals surface area contributed by atoms with Crippen molar-refractivity contribution in [3.63, 3.8) is 0 Å². The lowest BCUT2D eigenvalue weighted by Crippen LogP contribution is -2.48. The maximum absolute atomic E-state index is 12.3. The second kappa shape index (κ2) is 9.80. The van der Waals surface area contributed by atoms with Crippen molar-refractivity contribution in [2.45, 2.75) is 37.8 Å². The number of Topliss-reactive ketones (excluding diaryl/α,β-unsaturated/α-hetero) is 1. The third-order valence-corrected chi connectivity index (χ3v) is 5.42. The zero-order chi connectivity index (χ0) is 22.5. The Bertz CT molecular complexity index is 965. The summed E-state index contributed by atoms with van der Waals surface area (Å²) in [4.78, 5) is 35.8. The number of fused-ring (bicyclic) bond motifs is 1. The van der Waals surface area contributed by atoms with E-state index in [0.717, 1.165) is 5.56 Å². The molecule has 0 bridgehead atoms. The number of ether oxygens (including phenoxy) is 3. The highest BCUT2D eigenvalue weighted by atomic mass is 16.6. The molecule has 2 aromatic carbocycles. The summed E-state index contributed by atoms with van der Waals surface area (Å²) in [6.45, 7) is 2.33. The van der Waals surface area contributed by atoms with Gasteiger partial charge in [-0.05, 0) is 36.8 Å². The Hall–Kier alpha value is -3.43. The van der Waals surface area contributed by atoms with Crippen molar-refractivity contribution in [3.8, 4) is 0 Å². The Kier molecular flexibility index (Phi) is 6.67. The summed E-state index contributed by atoms with van der Waals surface area (Å²) in [5.41, 5.74) is 2.06. The molecule has 2 aliphatic rings. The molecule has 4 atom stereocenters. The van der Waals surface area contributed by atoms with Gasteiger partial charge in [0.1, 0.15) is 12.2 Å². The van der Waals surface area contributed by atoms with E-state index in [9.17, 15) is 14.4 Å². The predicted molar refractivity (Wildman–Crippen MR) is 115 cm³/mol. The molecule has 2 fully saturated rings. The largest absolute Gasteiger partial charge is 0.441 e. The van der Waals surface area contributed by atoms with Gasteiger partial charge in [-0.15, -0.1) is 0 Å². The van der Waals surface area contributed by atoms with E-state index in [1.165, 1.54) is 6.92 Å². The Balaban J connectivity index is 1.24. The SMILES string of the molecule is CC(=O)c1ccc(NC(=O)O[C@@H]2CO[C@H]3[C@@H]2OC[C@@H]3NC(=O)NCc2ccccc2)cc1. The lowest BCUT2D eigenvalue weighted by Gasteiger charge is -2.18. The molecule has 9 nitrogen and oxygen atoms in total. The summed E-state index contributed by atoms with van der Waals surface area (Å²) in [5.74, 6) is -0.0523. The van der Waals surface area contributed by atoms with Crippen LogP contribution >= 0.6 is 0 Å². The number of rotatable bonds is 6. The van der Waals surface area contributed by atoms with Crippen LogP contribution in [-0.4, -0.2) is 55.5 Å². The van der Waals surface area contributed by atoms with Crippen molar-refractivity contribution in [2.24, 2.45) is 0 Å². The standard InChI is InChI=1S/C23H25N3O6/c1-14(27)16-7-9-17(10-8-16)25-23(29)32-19-13-31-20-18(12-30-21(19)20)26-22(28)24-11-15-5-3-2-4-6-15/h2-10,18-21H,11-13H2,1H3,(H,25,29)(H2,24,26,28)/t18-,19+,20+,21+/m0/s1. The molecule has 32 heavy (non-hydrogen) atoms. The Morgan fingerprint density at radius 1 is 0.969 bits per heavy atom. The van der Waals surface area contributed by atoms with Crippen LogP contribution in [0.15, 0.2) is 54.6 Å². The molecule has 0 spiro atoms. The summed E-state index contributed by atoms with van der Waals surface area (Å²) in [6.07, 6.45) is -2.09. The van der Waals surface area contributed by atoms with Gasteiger partial charge >= 0.3 is 12.1 Å². The molecule has 0 saturated carbocycles. The highest BCUT2D eigenvalue weighted by Gasteiger charge is 2.50. The van der Waals surface area contributed by atoms with Crippen LogP contribution in [0.5, 0.6) is 0 Å². The van der Waals surface area contributed by atoms with E-state index in [0.29, 0.717) is 17.8 Å². The number of nitrogens with one attached hydrogen (secondary N) is 3. The quantitative estimate of drug-likeness (QED) is 0.596. The van der Waals surface area contributed by atoms with Crippen LogP contribution in [-0.2, 0) is 20.8 Å². The number of hydrogen-bond donors (Lipinski definition) is 3. The van der Waals surface area contributed by atoms with Gasteiger partial charge in [-0.2, -0.15) is 0 Å². The van der Waals surface area contributed by atoms with Gasteiger partial charge in [0.2, 0.25) is 0 Å². The first-order valence-corrected chi connectivity index (χ1v) is 10.4. The molecule has 3 amide bonds. The molecule has 4 rings (SSSR count).